The molecule has 0 atom stereocenters. The van der Waals surface area contributed by atoms with Gasteiger partial charge in [0.1, 0.15) is 5.82 Å². The first-order valence-electron chi connectivity index (χ1n) is 9.42. The summed E-state index contributed by atoms with van der Waals surface area (Å²) in [5.41, 5.74) is 2.66. The quantitative estimate of drug-likeness (QED) is 0.684. The van der Waals surface area contributed by atoms with Gasteiger partial charge in [-0.25, -0.2) is 4.68 Å². The second-order valence-electron chi connectivity index (χ2n) is 8.05. The SMILES string of the molecule is Cc1ccccc1-n1nc(C(C)(C)C)cc1NC(=O)CN(C)C(=O)c1cccs1. The molecule has 0 saturated heterocycles. The van der Waals surface area contributed by atoms with Gasteiger partial charge in [0.15, 0.2) is 0 Å². The maximum atomic E-state index is 12.7. The predicted molar refractivity (Wildman–Crippen MR) is 117 cm³/mol. The van der Waals surface area contributed by atoms with Gasteiger partial charge in [-0.15, -0.1) is 11.3 Å². The summed E-state index contributed by atoms with van der Waals surface area (Å²) in [6.07, 6.45) is 0. The van der Waals surface area contributed by atoms with E-state index in [9.17, 15) is 9.59 Å². The van der Waals surface area contributed by atoms with Gasteiger partial charge in [0.05, 0.1) is 22.8 Å². The van der Waals surface area contributed by atoms with Crippen molar-refractivity contribution >= 4 is 29.0 Å². The lowest BCUT2D eigenvalue weighted by Gasteiger charge is -2.16. The van der Waals surface area contributed by atoms with Crippen LogP contribution in [0.1, 0.15) is 41.7 Å². The molecule has 0 unspecified atom stereocenters. The number of nitrogens with one attached hydrogen (secondary N) is 1. The monoisotopic (exact) mass is 410 g/mol. The Morgan fingerprint density at radius 3 is 2.52 bits per heavy atom. The van der Waals surface area contributed by atoms with Gasteiger partial charge in [-0.1, -0.05) is 45.0 Å². The van der Waals surface area contributed by atoms with Gasteiger partial charge in [0, 0.05) is 18.5 Å². The first-order valence-corrected chi connectivity index (χ1v) is 10.3. The Labute approximate surface area is 175 Å². The highest BCUT2D eigenvalue weighted by Gasteiger charge is 2.23. The average molecular weight is 411 g/mol. The van der Waals surface area contributed by atoms with Crippen molar-refractivity contribution in [1.29, 1.82) is 0 Å². The molecule has 2 aromatic heterocycles. The van der Waals surface area contributed by atoms with Crippen LogP contribution in [0.15, 0.2) is 47.8 Å². The van der Waals surface area contributed by atoms with E-state index < -0.39 is 0 Å². The van der Waals surface area contributed by atoms with Gasteiger partial charge in [0.2, 0.25) is 5.91 Å². The Morgan fingerprint density at radius 2 is 1.90 bits per heavy atom. The Bertz CT molecular complexity index is 1020. The predicted octanol–water partition coefficient (Wildman–Crippen LogP) is 4.25. The Balaban J connectivity index is 1.84. The van der Waals surface area contributed by atoms with Gasteiger partial charge in [-0.3, -0.25) is 9.59 Å². The third-order valence-electron chi connectivity index (χ3n) is 4.55. The van der Waals surface area contributed by atoms with E-state index in [1.165, 1.54) is 16.2 Å². The molecule has 0 spiro atoms. The van der Waals surface area contributed by atoms with E-state index in [-0.39, 0.29) is 23.8 Å². The highest BCUT2D eigenvalue weighted by Crippen LogP contribution is 2.27. The maximum Gasteiger partial charge on any atom is 0.264 e. The second kappa shape index (κ2) is 8.21. The lowest BCUT2D eigenvalue weighted by atomic mass is 9.92. The van der Waals surface area contributed by atoms with E-state index in [4.69, 9.17) is 5.10 Å². The van der Waals surface area contributed by atoms with Gasteiger partial charge in [0.25, 0.3) is 5.91 Å². The molecule has 0 bridgehead atoms. The van der Waals surface area contributed by atoms with E-state index in [2.05, 4.69) is 26.1 Å². The molecule has 2 heterocycles. The Morgan fingerprint density at radius 1 is 1.17 bits per heavy atom. The zero-order valence-electron chi connectivity index (χ0n) is 17.4. The third-order valence-corrected chi connectivity index (χ3v) is 5.41. The molecule has 2 amide bonds. The van der Waals surface area contributed by atoms with Crippen molar-refractivity contribution in [3.05, 3.63) is 64.0 Å². The molecule has 0 fully saturated rings. The number of aryl methyl sites for hydroxylation is 1. The number of likely N-dealkylation sites (N-methyl/N-ethyl adjacent to an activating group) is 1. The van der Waals surface area contributed by atoms with Crippen molar-refractivity contribution in [2.45, 2.75) is 33.1 Å². The molecular formula is C22H26N4O2S. The summed E-state index contributed by atoms with van der Waals surface area (Å²) in [6, 6.07) is 13.4. The number of thiophene rings is 1. The molecule has 0 saturated carbocycles. The summed E-state index contributed by atoms with van der Waals surface area (Å²) in [4.78, 5) is 27.1. The van der Waals surface area contributed by atoms with E-state index in [0.29, 0.717) is 10.7 Å². The molecule has 3 aromatic rings. The van der Waals surface area contributed by atoms with Gasteiger partial charge < -0.3 is 10.2 Å². The molecule has 152 valence electrons. The van der Waals surface area contributed by atoms with E-state index in [1.807, 2.05) is 48.7 Å². The van der Waals surface area contributed by atoms with Crippen LogP contribution < -0.4 is 5.32 Å². The number of para-hydroxylation sites is 1. The lowest BCUT2D eigenvalue weighted by Crippen LogP contribution is -2.34. The number of hydrogen-bond donors (Lipinski definition) is 1. The smallest absolute Gasteiger partial charge is 0.264 e. The van der Waals surface area contributed by atoms with Crippen LogP contribution in [0.25, 0.3) is 5.69 Å². The topological polar surface area (TPSA) is 67.2 Å². The number of nitrogens with zero attached hydrogens (tertiary/aromatic N) is 3. The van der Waals surface area contributed by atoms with E-state index >= 15 is 0 Å². The Hall–Kier alpha value is -2.93. The van der Waals surface area contributed by atoms with Gasteiger partial charge in [-0.05, 0) is 30.0 Å². The minimum atomic E-state index is -0.271. The number of rotatable bonds is 5. The first-order chi connectivity index (χ1) is 13.7. The number of carbonyl (C=O) groups is 2. The molecule has 1 aromatic carbocycles. The molecule has 0 aliphatic carbocycles. The molecule has 0 aliphatic heterocycles. The molecule has 6 nitrogen and oxygen atoms in total. The van der Waals surface area contributed by atoms with Crippen molar-refractivity contribution in [2.24, 2.45) is 0 Å². The van der Waals surface area contributed by atoms with Crippen LogP contribution in [-0.4, -0.2) is 40.1 Å². The van der Waals surface area contributed by atoms with Crippen LogP contribution in [0, 0.1) is 6.92 Å². The van der Waals surface area contributed by atoms with E-state index in [0.717, 1.165) is 16.9 Å². The van der Waals surface area contributed by atoms with Crippen LogP contribution in [0.3, 0.4) is 0 Å². The van der Waals surface area contributed by atoms with Crippen molar-refractivity contribution < 1.29 is 9.59 Å². The zero-order chi connectivity index (χ0) is 21.2. The zero-order valence-corrected chi connectivity index (χ0v) is 18.2. The molecule has 0 aliphatic rings. The minimum Gasteiger partial charge on any atom is -0.332 e. The molecule has 1 N–H and O–H groups in total. The number of benzene rings is 1. The summed E-state index contributed by atoms with van der Waals surface area (Å²) < 4.78 is 1.76. The molecule has 0 radical (unpaired) electrons. The molecule has 29 heavy (non-hydrogen) atoms. The van der Waals surface area contributed by atoms with Crippen molar-refractivity contribution in [2.75, 3.05) is 18.9 Å². The summed E-state index contributed by atoms with van der Waals surface area (Å²) >= 11 is 1.36. The number of carbonyl (C=O) groups excluding carboxylic acids is 2. The molecular weight excluding hydrogens is 384 g/mol. The summed E-state index contributed by atoms with van der Waals surface area (Å²) in [7, 11) is 1.63. The highest BCUT2D eigenvalue weighted by atomic mass is 32.1. The lowest BCUT2D eigenvalue weighted by molar-refractivity contribution is -0.116. The van der Waals surface area contributed by atoms with Crippen molar-refractivity contribution in [3.8, 4) is 5.69 Å². The van der Waals surface area contributed by atoms with E-state index in [1.54, 1.807) is 17.8 Å². The normalized spacial score (nSPS) is 11.3. The van der Waals surface area contributed by atoms with Crippen molar-refractivity contribution in [1.82, 2.24) is 14.7 Å². The summed E-state index contributed by atoms with van der Waals surface area (Å²) in [5, 5.41) is 9.52. The maximum absolute atomic E-state index is 12.7. The molecule has 3 rings (SSSR count). The van der Waals surface area contributed by atoms with Crippen LogP contribution in [0.4, 0.5) is 5.82 Å². The number of amides is 2. The third kappa shape index (κ3) is 4.74. The Kier molecular flexibility index (Phi) is 5.88. The fourth-order valence-electron chi connectivity index (χ4n) is 2.88. The standard InChI is InChI=1S/C22H26N4O2S/c1-15-9-6-7-10-16(15)26-19(13-18(24-26)22(2,3)4)23-20(27)14-25(5)21(28)17-11-8-12-29-17/h6-13H,14H2,1-5H3,(H,23,27). The summed E-state index contributed by atoms with van der Waals surface area (Å²) in [5.74, 6) is 0.150. The van der Waals surface area contributed by atoms with Crippen LogP contribution in [-0.2, 0) is 10.2 Å². The van der Waals surface area contributed by atoms with Crippen LogP contribution in [0.5, 0.6) is 0 Å². The van der Waals surface area contributed by atoms with Crippen LogP contribution in [0.2, 0.25) is 0 Å². The minimum absolute atomic E-state index is 0.0411. The number of hydrogen-bond acceptors (Lipinski definition) is 4. The highest BCUT2D eigenvalue weighted by molar-refractivity contribution is 7.12. The fraction of sp³-hybridized carbons (Fsp3) is 0.318. The number of aromatic nitrogens is 2. The summed E-state index contributed by atoms with van der Waals surface area (Å²) in [6.45, 7) is 8.21. The average Bonchev–Trinajstić information content (AvgIpc) is 3.31. The number of anilines is 1. The van der Waals surface area contributed by atoms with Crippen molar-refractivity contribution in [3.63, 3.8) is 0 Å². The molecule has 7 heteroatoms. The fourth-order valence-corrected chi connectivity index (χ4v) is 3.60. The largest absolute Gasteiger partial charge is 0.332 e. The second-order valence-corrected chi connectivity index (χ2v) is 9.00. The van der Waals surface area contributed by atoms with Crippen LogP contribution >= 0.6 is 11.3 Å². The van der Waals surface area contributed by atoms with Gasteiger partial charge in [-0.2, -0.15) is 5.10 Å². The van der Waals surface area contributed by atoms with Gasteiger partial charge >= 0.3 is 0 Å². The first kappa shape index (κ1) is 20.8.